The van der Waals surface area contributed by atoms with Crippen molar-refractivity contribution in [3.8, 4) is 58.2 Å². The van der Waals surface area contributed by atoms with E-state index in [2.05, 4.69) is 121 Å². The summed E-state index contributed by atoms with van der Waals surface area (Å²) in [5.41, 5.74) is 10.2. The van der Waals surface area contributed by atoms with Crippen LogP contribution in [0.2, 0.25) is 0 Å². The first-order chi connectivity index (χ1) is 34.3. The van der Waals surface area contributed by atoms with Crippen molar-refractivity contribution in [2.75, 3.05) is 28.4 Å². The molecule has 9 rings (SSSR count). The van der Waals surface area contributed by atoms with E-state index in [-0.39, 0.29) is 11.5 Å². The molecule has 0 amide bonds. The lowest BCUT2D eigenvalue weighted by atomic mass is 9.65. The lowest BCUT2D eigenvalue weighted by Gasteiger charge is -2.37. The van der Waals surface area contributed by atoms with E-state index in [9.17, 15) is 10.2 Å². The maximum absolute atomic E-state index is 10.3. The molecular formula is C64H50O6. The van der Waals surface area contributed by atoms with Crippen LogP contribution in [0.25, 0.3) is 0 Å². The summed E-state index contributed by atoms with van der Waals surface area (Å²) < 4.78 is 22.2. The molecule has 9 aromatic rings. The van der Waals surface area contributed by atoms with Gasteiger partial charge in [-0.1, -0.05) is 121 Å². The van der Waals surface area contributed by atoms with Gasteiger partial charge in [-0.05, 0) is 166 Å². The number of phenolic OH excluding ortho intramolecular Hbond substituents is 2. The number of rotatable bonds is 12. The van der Waals surface area contributed by atoms with Gasteiger partial charge in [-0.25, -0.2) is 0 Å². The molecule has 0 spiro atoms. The summed E-state index contributed by atoms with van der Waals surface area (Å²) in [5, 5.41) is 20.7. The fraction of sp³-hybridized carbons (Fsp3) is 0.0938. The first kappa shape index (κ1) is 46.0. The first-order valence-corrected chi connectivity index (χ1v) is 22.8. The zero-order chi connectivity index (χ0) is 48.5. The molecule has 6 heteroatoms. The van der Waals surface area contributed by atoms with Gasteiger partial charge in [0.1, 0.15) is 34.5 Å². The Bertz CT molecular complexity index is 2980. The highest BCUT2D eigenvalue weighted by Crippen LogP contribution is 2.48. The van der Waals surface area contributed by atoms with E-state index < -0.39 is 10.8 Å². The minimum Gasteiger partial charge on any atom is -0.508 e. The van der Waals surface area contributed by atoms with E-state index in [0.29, 0.717) is 0 Å². The van der Waals surface area contributed by atoms with Crippen LogP contribution in [0.1, 0.15) is 66.8 Å². The second-order valence-electron chi connectivity index (χ2n) is 16.7. The van der Waals surface area contributed by atoms with Gasteiger partial charge < -0.3 is 29.2 Å². The van der Waals surface area contributed by atoms with E-state index in [1.807, 2.05) is 97.1 Å². The molecule has 0 aromatic heterocycles. The maximum atomic E-state index is 10.3. The summed E-state index contributed by atoms with van der Waals surface area (Å²) in [5.74, 6) is 16.8. The molecule has 0 unspecified atom stereocenters. The van der Waals surface area contributed by atoms with Gasteiger partial charge in [-0.15, -0.1) is 0 Å². The molecule has 9 aromatic carbocycles. The molecule has 0 radical (unpaired) electrons. The lowest BCUT2D eigenvalue weighted by molar-refractivity contribution is 0.414. The molecule has 0 bridgehead atoms. The highest BCUT2D eigenvalue weighted by molar-refractivity contribution is 5.64. The van der Waals surface area contributed by atoms with Crippen molar-refractivity contribution in [3.63, 3.8) is 0 Å². The van der Waals surface area contributed by atoms with Crippen molar-refractivity contribution < 1.29 is 29.2 Å². The second-order valence-corrected chi connectivity index (χ2v) is 16.7. The lowest BCUT2D eigenvalue weighted by Crippen LogP contribution is -2.31. The average Bonchev–Trinajstić information content (AvgIpc) is 3.42. The topological polar surface area (TPSA) is 77.4 Å². The van der Waals surface area contributed by atoms with E-state index in [0.717, 1.165) is 89.8 Å². The summed E-state index contributed by atoms with van der Waals surface area (Å²) in [6, 6.07) is 72.0. The Morgan fingerprint density at radius 1 is 0.243 bits per heavy atom. The SMILES string of the molecule is COc1ccc(C(c2ccc(O)cc2)(c2ccc(C#Cc3ccc(C#Cc4ccc(C(c5ccc(O)cc5)(c5ccc(OC)cc5)c5ccc(OC)cc5)cc4)cc3)cc2)c2ccc(OC)cc2)cc1. The van der Waals surface area contributed by atoms with Gasteiger partial charge in [0.05, 0.1) is 39.3 Å². The molecule has 0 atom stereocenters. The molecule has 0 aliphatic carbocycles. The van der Waals surface area contributed by atoms with Crippen molar-refractivity contribution in [1.29, 1.82) is 0 Å². The monoisotopic (exact) mass is 914 g/mol. The van der Waals surface area contributed by atoms with Gasteiger partial charge in [-0.3, -0.25) is 0 Å². The van der Waals surface area contributed by atoms with Crippen LogP contribution in [0.15, 0.2) is 218 Å². The van der Waals surface area contributed by atoms with Crippen molar-refractivity contribution in [1.82, 2.24) is 0 Å². The number of hydrogen-bond acceptors (Lipinski definition) is 6. The minimum atomic E-state index is -0.746. The fourth-order valence-electron chi connectivity index (χ4n) is 9.32. The number of methoxy groups -OCH3 is 4. The Morgan fingerprint density at radius 3 is 0.586 bits per heavy atom. The fourth-order valence-corrected chi connectivity index (χ4v) is 9.32. The van der Waals surface area contributed by atoms with Crippen LogP contribution in [-0.4, -0.2) is 38.7 Å². The van der Waals surface area contributed by atoms with Crippen LogP contribution in [0.4, 0.5) is 0 Å². The van der Waals surface area contributed by atoms with Gasteiger partial charge in [0.25, 0.3) is 0 Å². The van der Waals surface area contributed by atoms with Crippen molar-refractivity contribution >= 4 is 0 Å². The summed E-state index contributed by atoms with van der Waals surface area (Å²) in [7, 11) is 6.65. The number of hydrogen-bond donors (Lipinski definition) is 2. The number of aromatic hydroxyl groups is 2. The largest absolute Gasteiger partial charge is 0.508 e. The third kappa shape index (κ3) is 9.15. The Balaban J connectivity index is 0.995. The second kappa shape index (κ2) is 20.4. The zero-order valence-electron chi connectivity index (χ0n) is 39.3. The Hall–Kier alpha value is -9.10. The van der Waals surface area contributed by atoms with Crippen LogP contribution in [0, 0.1) is 23.7 Å². The van der Waals surface area contributed by atoms with Crippen LogP contribution in [0.5, 0.6) is 34.5 Å². The van der Waals surface area contributed by atoms with Gasteiger partial charge in [-0.2, -0.15) is 0 Å². The van der Waals surface area contributed by atoms with Gasteiger partial charge in [0.15, 0.2) is 0 Å². The smallest absolute Gasteiger partial charge is 0.118 e. The Labute approximate surface area is 410 Å². The third-order valence-electron chi connectivity index (χ3n) is 12.9. The third-order valence-corrected chi connectivity index (χ3v) is 12.9. The quantitative estimate of drug-likeness (QED) is 0.0939. The highest BCUT2D eigenvalue weighted by Gasteiger charge is 2.40. The molecule has 0 saturated carbocycles. The molecule has 342 valence electrons. The molecule has 0 fully saturated rings. The Kier molecular flexibility index (Phi) is 13.4. The van der Waals surface area contributed by atoms with Crippen LogP contribution < -0.4 is 18.9 Å². The summed E-state index contributed by atoms with van der Waals surface area (Å²) in [6.07, 6.45) is 0. The molecule has 2 N–H and O–H groups in total. The minimum absolute atomic E-state index is 0.195. The zero-order valence-corrected chi connectivity index (χ0v) is 39.3. The van der Waals surface area contributed by atoms with Gasteiger partial charge in [0, 0.05) is 22.3 Å². The first-order valence-electron chi connectivity index (χ1n) is 22.8. The Morgan fingerprint density at radius 2 is 0.400 bits per heavy atom. The van der Waals surface area contributed by atoms with Gasteiger partial charge >= 0.3 is 0 Å². The molecule has 0 aliphatic rings. The predicted molar refractivity (Wildman–Crippen MR) is 277 cm³/mol. The van der Waals surface area contributed by atoms with E-state index in [1.165, 1.54) is 0 Å². The predicted octanol–water partition coefficient (Wildman–Crippen LogP) is 12.7. The van der Waals surface area contributed by atoms with Crippen molar-refractivity contribution in [2.45, 2.75) is 10.8 Å². The van der Waals surface area contributed by atoms with E-state index >= 15 is 0 Å². The summed E-state index contributed by atoms with van der Waals surface area (Å²) >= 11 is 0. The molecular weight excluding hydrogens is 865 g/mol. The molecule has 0 aliphatic heterocycles. The van der Waals surface area contributed by atoms with Crippen LogP contribution >= 0.6 is 0 Å². The van der Waals surface area contributed by atoms with Crippen LogP contribution in [0.3, 0.4) is 0 Å². The number of benzene rings is 9. The van der Waals surface area contributed by atoms with Crippen LogP contribution in [-0.2, 0) is 10.8 Å². The van der Waals surface area contributed by atoms with E-state index in [4.69, 9.17) is 18.9 Å². The number of ether oxygens (including phenoxy) is 4. The van der Waals surface area contributed by atoms with Crippen molar-refractivity contribution in [3.05, 3.63) is 285 Å². The van der Waals surface area contributed by atoms with Crippen molar-refractivity contribution in [2.24, 2.45) is 0 Å². The standard InChI is InChI=1S/C64H50O6/c1-67-59-37-25-53(26-38-59)63(51-21-33-57(65)34-22-51,54-27-39-60(68-2)40-28-54)49-17-13-47(14-18-49)11-9-45-5-7-46(8-6-45)10-12-48-15-19-50(20-16-48)64(52-23-35-58(66)36-24-52,55-29-41-61(69-3)42-30-55)56-31-43-62(70-4)44-32-56/h5-8,13-44,65-66H,1-4H3. The molecule has 0 saturated heterocycles. The highest BCUT2D eigenvalue weighted by atomic mass is 16.5. The summed E-state index contributed by atoms with van der Waals surface area (Å²) in [4.78, 5) is 0. The van der Waals surface area contributed by atoms with Gasteiger partial charge in [0.2, 0.25) is 0 Å². The summed E-state index contributed by atoms with van der Waals surface area (Å²) in [6.45, 7) is 0. The number of phenols is 2. The molecule has 6 nitrogen and oxygen atoms in total. The normalized spacial score (nSPS) is 11.0. The maximum Gasteiger partial charge on any atom is 0.118 e. The molecule has 0 heterocycles. The average molecular weight is 915 g/mol. The molecule has 70 heavy (non-hydrogen) atoms. The van der Waals surface area contributed by atoms with E-state index in [1.54, 1.807) is 52.7 Å².